The first-order valence-electron chi connectivity index (χ1n) is 5.80. The lowest BCUT2D eigenvalue weighted by molar-refractivity contribution is -0.122. The molecule has 0 unspecified atom stereocenters. The number of hydrogen-bond acceptors (Lipinski definition) is 2. The molecule has 4 nitrogen and oxygen atoms in total. The van der Waals surface area contributed by atoms with Crippen molar-refractivity contribution in [3.63, 3.8) is 0 Å². The van der Waals surface area contributed by atoms with Gasteiger partial charge in [0.05, 0.1) is 0 Å². The molecular formula is C12H21N3OS. The Morgan fingerprint density at radius 3 is 2.59 bits per heavy atom. The largest absolute Gasteiger partial charge is 0.352 e. The van der Waals surface area contributed by atoms with Crippen molar-refractivity contribution in [3.05, 3.63) is 16.7 Å². The van der Waals surface area contributed by atoms with Crippen molar-refractivity contribution in [2.45, 2.75) is 52.6 Å². The predicted molar refractivity (Wildman–Crippen MR) is 71.6 cm³/mol. The number of imidazole rings is 1. The average Bonchev–Trinajstić information content (AvgIpc) is 2.45. The van der Waals surface area contributed by atoms with E-state index in [1.54, 1.807) is 0 Å². The van der Waals surface area contributed by atoms with E-state index in [-0.39, 0.29) is 23.9 Å². The second-order valence-corrected chi connectivity index (χ2v) is 5.92. The molecule has 0 bridgehead atoms. The fourth-order valence-electron chi connectivity index (χ4n) is 1.68. The standard InChI is InChI=1S/C12H21N3OS/c1-8(2)14-10(16)7-15-9(12(3,4)5)6-13-11(15)17/h6,8H,7H2,1-5H3,(H,13,17)(H,14,16). The number of aromatic amines is 1. The van der Waals surface area contributed by atoms with Gasteiger partial charge in [-0.3, -0.25) is 4.79 Å². The average molecular weight is 255 g/mol. The lowest BCUT2D eigenvalue weighted by Crippen LogP contribution is -2.34. The fourth-order valence-corrected chi connectivity index (χ4v) is 1.91. The maximum absolute atomic E-state index is 11.8. The Hall–Kier alpha value is -1.10. The molecule has 0 saturated carbocycles. The van der Waals surface area contributed by atoms with Crippen LogP contribution < -0.4 is 5.32 Å². The van der Waals surface area contributed by atoms with E-state index >= 15 is 0 Å². The maximum atomic E-state index is 11.8. The van der Waals surface area contributed by atoms with Gasteiger partial charge in [0, 0.05) is 23.3 Å². The Kier molecular flexibility index (Phi) is 4.14. The van der Waals surface area contributed by atoms with E-state index in [9.17, 15) is 4.79 Å². The summed E-state index contributed by atoms with van der Waals surface area (Å²) in [4.78, 5) is 14.8. The molecule has 0 fully saturated rings. The van der Waals surface area contributed by atoms with Gasteiger partial charge in [0.1, 0.15) is 6.54 Å². The number of carbonyl (C=O) groups is 1. The van der Waals surface area contributed by atoms with E-state index < -0.39 is 0 Å². The minimum absolute atomic E-state index is 0.0128. The number of carbonyl (C=O) groups excluding carboxylic acids is 1. The molecule has 5 heteroatoms. The Morgan fingerprint density at radius 1 is 1.53 bits per heavy atom. The molecule has 96 valence electrons. The van der Waals surface area contributed by atoms with Gasteiger partial charge in [-0.1, -0.05) is 20.8 Å². The summed E-state index contributed by atoms with van der Waals surface area (Å²) in [7, 11) is 0. The number of rotatable bonds is 3. The van der Waals surface area contributed by atoms with Crippen molar-refractivity contribution in [2.75, 3.05) is 0 Å². The summed E-state index contributed by atoms with van der Waals surface area (Å²) in [5, 5.41) is 2.87. The molecule has 0 spiro atoms. The monoisotopic (exact) mass is 255 g/mol. The second-order valence-electron chi connectivity index (χ2n) is 5.54. The third-order valence-electron chi connectivity index (χ3n) is 2.39. The van der Waals surface area contributed by atoms with Crippen LogP contribution in [0.2, 0.25) is 0 Å². The Bertz CT molecular complexity index is 451. The molecule has 1 aromatic heterocycles. The highest BCUT2D eigenvalue weighted by molar-refractivity contribution is 7.71. The predicted octanol–water partition coefficient (Wildman–Crippen LogP) is 2.37. The third kappa shape index (κ3) is 3.70. The van der Waals surface area contributed by atoms with E-state index in [2.05, 4.69) is 31.1 Å². The summed E-state index contributed by atoms with van der Waals surface area (Å²) in [5.41, 5.74) is 1.01. The van der Waals surface area contributed by atoms with Crippen LogP contribution in [-0.2, 0) is 16.8 Å². The number of nitrogens with zero attached hydrogens (tertiary/aromatic N) is 1. The van der Waals surface area contributed by atoms with Gasteiger partial charge in [-0.25, -0.2) is 0 Å². The summed E-state index contributed by atoms with van der Waals surface area (Å²) in [5.74, 6) is -0.0128. The van der Waals surface area contributed by atoms with Crippen LogP contribution >= 0.6 is 12.2 Å². The zero-order valence-electron chi connectivity index (χ0n) is 11.1. The summed E-state index contributed by atoms with van der Waals surface area (Å²) >= 11 is 5.20. The van der Waals surface area contributed by atoms with E-state index in [1.807, 2.05) is 24.6 Å². The normalized spacial score (nSPS) is 11.9. The van der Waals surface area contributed by atoms with Crippen LogP contribution in [0.1, 0.15) is 40.3 Å². The number of H-pyrrole nitrogens is 1. The SMILES string of the molecule is CC(C)NC(=O)Cn1c(C(C)(C)C)c[nH]c1=S. The summed E-state index contributed by atoms with van der Waals surface area (Å²) in [6.45, 7) is 10.5. The van der Waals surface area contributed by atoms with Crippen LogP contribution in [-0.4, -0.2) is 21.5 Å². The second kappa shape index (κ2) is 5.04. The van der Waals surface area contributed by atoms with Gasteiger partial charge in [-0.2, -0.15) is 0 Å². The van der Waals surface area contributed by atoms with Crippen molar-refractivity contribution in [1.29, 1.82) is 0 Å². The molecule has 1 amide bonds. The number of amides is 1. The molecule has 17 heavy (non-hydrogen) atoms. The van der Waals surface area contributed by atoms with Crippen LogP contribution in [0.15, 0.2) is 6.20 Å². The third-order valence-corrected chi connectivity index (χ3v) is 2.73. The molecule has 2 N–H and O–H groups in total. The number of nitrogens with one attached hydrogen (secondary N) is 2. The minimum atomic E-state index is -0.0360. The lowest BCUT2D eigenvalue weighted by atomic mass is 9.92. The Morgan fingerprint density at radius 2 is 2.12 bits per heavy atom. The number of aromatic nitrogens is 2. The molecule has 1 heterocycles. The molecule has 0 aliphatic rings. The highest BCUT2D eigenvalue weighted by atomic mass is 32.1. The Balaban J connectivity index is 2.95. The molecule has 0 aliphatic heterocycles. The highest BCUT2D eigenvalue weighted by Gasteiger charge is 2.20. The van der Waals surface area contributed by atoms with Crippen molar-refractivity contribution in [1.82, 2.24) is 14.9 Å². The Labute approximate surface area is 107 Å². The molecule has 0 saturated heterocycles. The van der Waals surface area contributed by atoms with E-state index in [0.717, 1.165) is 5.69 Å². The maximum Gasteiger partial charge on any atom is 0.240 e. The van der Waals surface area contributed by atoms with Gasteiger partial charge in [0.2, 0.25) is 5.91 Å². The van der Waals surface area contributed by atoms with Crippen LogP contribution in [0.5, 0.6) is 0 Å². The van der Waals surface area contributed by atoms with E-state index in [4.69, 9.17) is 12.2 Å². The zero-order valence-corrected chi connectivity index (χ0v) is 11.9. The molecule has 0 aliphatic carbocycles. The smallest absolute Gasteiger partial charge is 0.240 e. The van der Waals surface area contributed by atoms with Crippen molar-refractivity contribution >= 4 is 18.1 Å². The lowest BCUT2D eigenvalue weighted by Gasteiger charge is -2.20. The van der Waals surface area contributed by atoms with Crippen LogP contribution in [0.4, 0.5) is 0 Å². The van der Waals surface area contributed by atoms with E-state index in [0.29, 0.717) is 4.77 Å². The zero-order chi connectivity index (χ0) is 13.2. The molecule has 0 aromatic carbocycles. The molecule has 1 aromatic rings. The van der Waals surface area contributed by atoms with Gasteiger partial charge < -0.3 is 14.9 Å². The van der Waals surface area contributed by atoms with Crippen LogP contribution in [0.3, 0.4) is 0 Å². The van der Waals surface area contributed by atoms with Gasteiger partial charge >= 0.3 is 0 Å². The van der Waals surface area contributed by atoms with Gasteiger partial charge in [-0.05, 0) is 26.1 Å². The first kappa shape index (κ1) is 14.0. The quantitative estimate of drug-likeness (QED) is 0.815. The topological polar surface area (TPSA) is 49.8 Å². The first-order chi connectivity index (χ1) is 7.71. The van der Waals surface area contributed by atoms with Gasteiger partial charge in [-0.15, -0.1) is 0 Å². The van der Waals surface area contributed by atoms with Crippen molar-refractivity contribution in [2.24, 2.45) is 0 Å². The van der Waals surface area contributed by atoms with E-state index in [1.165, 1.54) is 0 Å². The highest BCUT2D eigenvalue weighted by Crippen LogP contribution is 2.22. The minimum Gasteiger partial charge on any atom is -0.352 e. The first-order valence-corrected chi connectivity index (χ1v) is 6.20. The van der Waals surface area contributed by atoms with Gasteiger partial charge in [0.15, 0.2) is 4.77 Å². The van der Waals surface area contributed by atoms with Crippen LogP contribution in [0.25, 0.3) is 0 Å². The summed E-state index contributed by atoms with van der Waals surface area (Å²) in [6.07, 6.45) is 1.88. The van der Waals surface area contributed by atoms with Crippen molar-refractivity contribution < 1.29 is 4.79 Å². The fraction of sp³-hybridized carbons (Fsp3) is 0.667. The van der Waals surface area contributed by atoms with Crippen molar-refractivity contribution in [3.8, 4) is 0 Å². The van der Waals surface area contributed by atoms with Crippen LogP contribution in [0, 0.1) is 4.77 Å². The molecule has 1 rings (SSSR count). The summed E-state index contributed by atoms with van der Waals surface area (Å²) < 4.78 is 2.45. The molecule has 0 atom stereocenters. The number of hydrogen-bond donors (Lipinski definition) is 2. The summed E-state index contributed by atoms with van der Waals surface area (Å²) in [6, 6.07) is 0.147. The molecular weight excluding hydrogens is 234 g/mol. The van der Waals surface area contributed by atoms with Gasteiger partial charge in [0.25, 0.3) is 0 Å². The molecule has 0 radical (unpaired) electrons.